The van der Waals surface area contributed by atoms with E-state index in [1.54, 1.807) is 6.20 Å². The minimum Gasteiger partial charge on any atom is -0.378 e. The number of ether oxygens (including phenoxy) is 1. The minimum atomic E-state index is -2.50. The molecule has 2 heterocycles. The van der Waals surface area contributed by atoms with Gasteiger partial charge in [0, 0.05) is 30.1 Å². The maximum absolute atomic E-state index is 12.7. The summed E-state index contributed by atoms with van der Waals surface area (Å²) >= 11 is 0. The van der Waals surface area contributed by atoms with Gasteiger partial charge in [0.05, 0.1) is 19.3 Å². The van der Waals surface area contributed by atoms with Crippen LogP contribution in [0.15, 0.2) is 42.7 Å². The van der Waals surface area contributed by atoms with Crippen molar-refractivity contribution in [1.82, 2.24) is 10.3 Å². The Morgan fingerprint density at radius 2 is 1.95 bits per heavy atom. The number of benzene rings is 1. The molecule has 1 aromatic heterocycles. The third kappa shape index (κ3) is 3.25. The molecule has 1 saturated heterocycles. The van der Waals surface area contributed by atoms with Crippen LogP contribution < -0.4 is 5.32 Å². The van der Waals surface area contributed by atoms with E-state index in [-0.39, 0.29) is 11.6 Å². The van der Waals surface area contributed by atoms with Crippen molar-refractivity contribution in [2.45, 2.75) is 12.5 Å². The smallest absolute Gasteiger partial charge is 0.265 e. The van der Waals surface area contributed by atoms with E-state index in [9.17, 15) is 8.78 Å². The molecule has 0 aliphatic carbocycles. The predicted molar refractivity (Wildman–Crippen MR) is 76.2 cm³/mol. The number of halogens is 2. The average Bonchev–Trinajstić information content (AvgIpc) is 2.56. The highest BCUT2D eigenvalue weighted by Gasteiger charge is 2.15. The molecule has 0 saturated carbocycles. The van der Waals surface area contributed by atoms with Crippen LogP contribution >= 0.6 is 0 Å². The van der Waals surface area contributed by atoms with Crippen LogP contribution in [0.1, 0.15) is 23.6 Å². The molecule has 0 bridgehead atoms. The lowest BCUT2D eigenvalue weighted by molar-refractivity contribution is 0.0769. The molecule has 21 heavy (non-hydrogen) atoms. The Labute approximate surface area is 122 Å². The van der Waals surface area contributed by atoms with E-state index in [4.69, 9.17) is 4.74 Å². The Hall–Kier alpha value is -1.85. The van der Waals surface area contributed by atoms with Crippen molar-refractivity contribution in [3.05, 3.63) is 53.9 Å². The Bertz CT molecular complexity index is 595. The summed E-state index contributed by atoms with van der Waals surface area (Å²) in [6.45, 7) is 2.23. The number of pyridine rings is 1. The summed E-state index contributed by atoms with van der Waals surface area (Å²) in [6.07, 6.45) is 0.301. The molecule has 0 spiro atoms. The molecule has 0 amide bonds. The van der Waals surface area contributed by atoms with Crippen LogP contribution in [0.4, 0.5) is 8.78 Å². The molecule has 1 aliphatic rings. The molecule has 1 N–H and O–H groups in total. The molecule has 1 fully saturated rings. The lowest BCUT2D eigenvalue weighted by atomic mass is 10.0. The molecular formula is C16H16F2N2O. The predicted octanol–water partition coefficient (Wildman–Crippen LogP) is 3.35. The van der Waals surface area contributed by atoms with Gasteiger partial charge in [-0.3, -0.25) is 4.98 Å². The Morgan fingerprint density at radius 3 is 2.62 bits per heavy atom. The molecule has 1 aromatic carbocycles. The molecule has 3 rings (SSSR count). The molecule has 1 atom stereocenters. The van der Waals surface area contributed by atoms with Gasteiger partial charge in [-0.05, 0) is 17.2 Å². The van der Waals surface area contributed by atoms with Gasteiger partial charge in [0.25, 0.3) is 6.43 Å². The highest BCUT2D eigenvalue weighted by atomic mass is 19.3. The van der Waals surface area contributed by atoms with Crippen LogP contribution in [0.2, 0.25) is 0 Å². The number of nitrogens with one attached hydrogen (secondary N) is 1. The lowest BCUT2D eigenvalue weighted by Crippen LogP contribution is -2.34. The van der Waals surface area contributed by atoms with E-state index in [1.807, 2.05) is 24.3 Å². The number of hydrogen-bond donors (Lipinski definition) is 1. The van der Waals surface area contributed by atoms with Crippen molar-refractivity contribution in [2.75, 3.05) is 19.8 Å². The highest BCUT2D eigenvalue weighted by molar-refractivity contribution is 5.63. The summed E-state index contributed by atoms with van der Waals surface area (Å²) in [6, 6.07) is 9.52. The number of aromatic nitrogens is 1. The van der Waals surface area contributed by atoms with Crippen LogP contribution in [0.5, 0.6) is 0 Å². The first kappa shape index (κ1) is 14.1. The zero-order chi connectivity index (χ0) is 14.7. The molecule has 1 unspecified atom stereocenters. The minimum absolute atomic E-state index is 0.0566. The number of rotatable bonds is 3. The molecular weight excluding hydrogens is 274 g/mol. The molecule has 1 aliphatic heterocycles. The molecule has 3 nitrogen and oxygen atoms in total. The molecule has 2 aromatic rings. The second-order valence-corrected chi connectivity index (χ2v) is 5.01. The van der Waals surface area contributed by atoms with Gasteiger partial charge in [-0.2, -0.15) is 0 Å². The fourth-order valence-corrected chi connectivity index (χ4v) is 2.42. The summed E-state index contributed by atoms with van der Waals surface area (Å²) in [5.74, 6) is 0. The van der Waals surface area contributed by atoms with E-state index in [0.29, 0.717) is 12.2 Å². The van der Waals surface area contributed by atoms with E-state index in [1.165, 1.54) is 12.3 Å². The Kier molecular flexibility index (Phi) is 4.22. The summed E-state index contributed by atoms with van der Waals surface area (Å²) in [5, 5.41) is 3.38. The van der Waals surface area contributed by atoms with Crippen molar-refractivity contribution < 1.29 is 13.5 Å². The van der Waals surface area contributed by atoms with Crippen LogP contribution in [0, 0.1) is 0 Å². The monoisotopic (exact) mass is 290 g/mol. The van der Waals surface area contributed by atoms with Crippen molar-refractivity contribution >= 4 is 0 Å². The largest absolute Gasteiger partial charge is 0.378 e. The van der Waals surface area contributed by atoms with Gasteiger partial charge in [-0.15, -0.1) is 0 Å². The van der Waals surface area contributed by atoms with Crippen molar-refractivity contribution in [3.63, 3.8) is 0 Å². The number of hydrogen-bond acceptors (Lipinski definition) is 3. The second kappa shape index (κ2) is 6.28. The summed E-state index contributed by atoms with van der Waals surface area (Å²) in [5.41, 5.74) is 2.66. The van der Waals surface area contributed by atoms with Gasteiger partial charge in [-0.1, -0.05) is 24.3 Å². The SMILES string of the molecule is FC(F)c1cncc(-c2ccc(C3COCCN3)cc2)c1. The zero-order valence-electron chi connectivity index (χ0n) is 11.4. The third-order valence-corrected chi connectivity index (χ3v) is 3.58. The van der Waals surface area contributed by atoms with E-state index in [2.05, 4.69) is 10.3 Å². The number of morpholine rings is 1. The maximum Gasteiger partial charge on any atom is 0.265 e. The topological polar surface area (TPSA) is 34.1 Å². The van der Waals surface area contributed by atoms with Crippen LogP contribution in [-0.4, -0.2) is 24.7 Å². The maximum atomic E-state index is 12.7. The van der Waals surface area contributed by atoms with Gasteiger partial charge in [-0.25, -0.2) is 8.78 Å². The third-order valence-electron chi connectivity index (χ3n) is 3.58. The molecule has 5 heteroatoms. The van der Waals surface area contributed by atoms with Gasteiger partial charge >= 0.3 is 0 Å². The fourth-order valence-electron chi connectivity index (χ4n) is 2.42. The quantitative estimate of drug-likeness (QED) is 0.941. The standard InChI is InChI=1S/C16H16F2N2O/c17-16(18)14-7-13(8-19-9-14)11-1-3-12(4-2-11)15-10-21-6-5-20-15/h1-4,7-9,15-16,20H,5-6,10H2. The zero-order valence-corrected chi connectivity index (χ0v) is 11.4. The highest BCUT2D eigenvalue weighted by Crippen LogP contribution is 2.26. The van der Waals surface area contributed by atoms with E-state index < -0.39 is 6.43 Å². The van der Waals surface area contributed by atoms with Gasteiger partial charge in [0.15, 0.2) is 0 Å². The summed E-state index contributed by atoms with van der Waals surface area (Å²) in [7, 11) is 0. The van der Waals surface area contributed by atoms with Gasteiger partial charge in [0.1, 0.15) is 0 Å². The van der Waals surface area contributed by atoms with Crippen LogP contribution in [-0.2, 0) is 4.74 Å². The van der Waals surface area contributed by atoms with Crippen LogP contribution in [0.3, 0.4) is 0 Å². The normalized spacial score (nSPS) is 18.9. The molecule has 110 valence electrons. The van der Waals surface area contributed by atoms with E-state index in [0.717, 1.165) is 24.3 Å². The van der Waals surface area contributed by atoms with Crippen molar-refractivity contribution in [2.24, 2.45) is 0 Å². The lowest BCUT2D eigenvalue weighted by Gasteiger charge is -2.24. The first-order chi connectivity index (χ1) is 10.2. The number of nitrogens with zero attached hydrogens (tertiary/aromatic N) is 1. The van der Waals surface area contributed by atoms with Gasteiger partial charge < -0.3 is 10.1 Å². The number of alkyl halides is 2. The van der Waals surface area contributed by atoms with E-state index >= 15 is 0 Å². The van der Waals surface area contributed by atoms with Crippen molar-refractivity contribution in [1.29, 1.82) is 0 Å². The first-order valence-electron chi connectivity index (χ1n) is 6.88. The first-order valence-corrected chi connectivity index (χ1v) is 6.88. The Balaban J connectivity index is 1.81. The molecule has 0 radical (unpaired) electrons. The van der Waals surface area contributed by atoms with Crippen LogP contribution in [0.25, 0.3) is 11.1 Å². The Morgan fingerprint density at radius 1 is 1.14 bits per heavy atom. The van der Waals surface area contributed by atoms with Gasteiger partial charge in [0.2, 0.25) is 0 Å². The fraction of sp³-hybridized carbons (Fsp3) is 0.312. The van der Waals surface area contributed by atoms with Crippen molar-refractivity contribution in [3.8, 4) is 11.1 Å². The summed E-state index contributed by atoms with van der Waals surface area (Å²) in [4.78, 5) is 3.88. The average molecular weight is 290 g/mol. The summed E-state index contributed by atoms with van der Waals surface area (Å²) < 4.78 is 30.9. The second-order valence-electron chi connectivity index (χ2n) is 5.01.